The summed E-state index contributed by atoms with van der Waals surface area (Å²) in [6, 6.07) is 9.21. The molecule has 0 saturated carbocycles. The average Bonchev–Trinajstić information content (AvgIpc) is 3.05. The molecule has 0 radical (unpaired) electrons. The second-order valence-corrected chi connectivity index (χ2v) is 8.52. The third-order valence-electron chi connectivity index (χ3n) is 4.64. The van der Waals surface area contributed by atoms with Gasteiger partial charge >= 0.3 is 5.97 Å². The highest BCUT2D eigenvalue weighted by atomic mass is 35.5. The molecule has 168 valence electrons. The first-order valence-electron chi connectivity index (χ1n) is 9.34. The Kier molecular flexibility index (Phi) is 7.71. The number of imide groups is 1. The molecule has 1 fully saturated rings. The molecule has 7 nitrogen and oxygen atoms in total. The molecule has 1 aliphatic heterocycles. The summed E-state index contributed by atoms with van der Waals surface area (Å²) in [5.41, 5.74) is 1.38. The number of carbonyl (C=O) groups is 3. The van der Waals surface area contributed by atoms with Crippen molar-refractivity contribution in [1.29, 1.82) is 0 Å². The Labute approximate surface area is 199 Å². The number of amides is 2. The minimum Gasteiger partial charge on any atom is -0.493 e. The molecule has 0 bridgehead atoms. The van der Waals surface area contributed by atoms with Crippen LogP contribution >= 0.6 is 35.0 Å². The number of rotatable bonds is 7. The summed E-state index contributed by atoms with van der Waals surface area (Å²) in [5, 5.41) is 0.488. The first kappa shape index (κ1) is 24.0. The molecule has 0 unspecified atom stereocenters. The molecule has 0 spiro atoms. The number of thioether (sulfide) groups is 1. The first-order chi connectivity index (χ1) is 15.2. The monoisotopic (exact) mass is 495 g/mol. The molecule has 1 heterocycles. The van der Waals surface area contributed by atoms with Crippen molar-refractivity contribution in [3.63, 3.8) is 0 Å². The number of esters is 1. The minimum atomic E-state index is -1.01. The van der Waals surface area contributed by atoms with E-state index in [0.29, 0.717) is 27.1 Å². The second kappa shape index (κ2) is 10.3. The predicted molar refractivity (Wildman–Crippen MR) is 123 cm³/mol. The summed E-state index contributed by atoms with van der Waals surface area (Å²) in [6.07, 6.45) is 1.55. The van der Waals surface area contributed by atoms with E-state index in [1.54, 1.807) is 42.5 Å². The topological polar surface area (TPSA) is 82.1 Å². The van der Waals surface area contributed by atoms with Gasteiger partial charge in [0.1, 0.15) is 12.6 Å². The van der Waals surface area contributed by atoms with Gasteiger partial charge in [-0.05, 0) is 54.6 Å². The van der Waals surface area contributed by atoms with Gasteiger partial charge in [0.05, 0.1) is 19.1 Å². The lowest BCUT2D eigenvalue weighted by atomic mass is 10.1. The van der Waals surface area contributed by atoms with Crippen molar-refractivity contribution in [3.05, 3.63) is 62.5 Å². The summed E-state index contributed by atoms with van der Waals surface area (Å²) < 4.78 is 15.9. The lowest BCUT2D eigenvalue weighted by Gasteiger charge is -2.18. The zero-order chi connectivity index (χ0) is 23.4. The smallest absolute Gasteiger partial charge is 0.328 e. The highest BCUT2D eigenvalue weighted by molar-refractivity contribution is 8.18. The fraction of sp³-hybridized carbons (Fsp3) is 0.227. The summed E-state index contributed by atoms with van der Waals surface area (Å²) >= 11 is 12.8. The van der Waals surface area contributed by atoms with Crippen molar-refractivity contribution in [2.75, 3.05) is 14.2 Å². The van der Waals surface area contributed by atoms with Crippen molar-refractivity contribution in [2.24, 2.45) is 0 Å². The molecule has 3 rings (SSSR count). The predicted octanol–water partition coefficient (Wildman–Crippen LogP) is 5.18. The Morgan fingerprint density at radius 2 is 1.88 bits per heavy atom. The third-order valence-corrected chi connectivity index (χ3v) is 6.11. The van der Waals surface area contributed by atoms with Gasteiger partial charge in [-0.2, -0.15) is 0 Å². The number of benzene rings is 2. The maximum absolute atomic E-state index is 12.6. The zero-order valence-corrected chi connectivity index (χ0v) is 19.7. The summed E-state index contributed by atoms with van der Waals surface area (Å²) in [5.74, 6) is -0.318. The van der Waals surface area contributed by atoms with Crippen molar-refractivity contribution < 1.29 is 28.6 Å². The van der Waals surface area contributed by atoms with E-state index in [4.69, 9.17) is 32.7 Å². The quantitative estimate of drug-likeness (QED) is 0.386. The molecule has 0 aromatic heterocycles. The highest BCUT2D eigenvalue weighted by Crippen LogP contribution is 2.36. The fourth-order valence-electron chi connectivity index (χ4n) is 2.93. The van der Waals surface area contributed by atoms with E-state index < -0.39 is 23.2 Å². The van der Waals surface area contributed by atoms with Crippen LogP contribution in [-0.2, 0) is 20.9 Å². The zero-order valence-electron chi connectivity index (χ0n) is 17.4. The normalized spacial score (nSPS) is 15.8. The Morgan fingerprint density at radius 1 is 1.12 bits per heavy atom. The second-order valence-electron chi connectivity index (χ2n) is 6.69. The van der Waals surface area contributed by atoms with Crippen LogP contribution in [0.2, 0.25) is 10.0 Å². The SMILES string of the molecule is COC(=O)[C@@H](C)N1C(=O)S/C(=C/c2ccc(OCc3ccc(Cl)cc3Cl)c(OC)c2)C1=O. The number of methoxy groups -OCH3 is 2. The Bertz CT molecular complexity index is 1100. The van der Waals surface area contributed by atoms with Crippen LogP contribution in [0.5, 0.6) is 11.5 Å². The van der Waals surface area contributed by atoms with E-state index >= 15 is 0 Å². The van der Waals surface area contributed by atoms with Gasteiger partial charge in [0.15, 0.2) is 11.5 Å². The van der Waals surface area contributed by atoms with Crippen LogP contribution in [0.15, 0.2) is 41.3 Å². The van der Waals surface area contributed by atoms with Crippen molar-refractivity contribution >= 4 is 58.2 Å². The standard InChI is InChI=1S/C22H19Cl2NO6S/c1-12(21(27)30-3)25-20(26)19(32-22(25)28)9-13-4-7-17(18(8-13)29-2)31-11-14-5-6-15(23)10-16(14)24/h4-10,12H,11H2,1-3H3/b19-9+/t12-/m1/s1. The van der Waals surface area contributed by atoms with E-state index in [0.717, 1.165) is 22.2 Å². The van der Waals surface area contributed by atoms with Gasteiger partial charge in [0, 0.05) is 15.6 Å². The van der Waals surface area contributed by atoms with Gasteiger partial charge in [-0.3, -0.25) is 14.5 Å². The number of hydrogen-bond acceptors (Lipinski definition) is 7. The maximum atomic E-state index is 12.6. The van der Waals surface area contributed by atoms with Gasteiger partial charge < -0.3 is 14.2 Å². The third kappa shape index (κ3) is 5.20. The highest BCUT2D eigenvalue weighted by Gasteiger charge is 2.41. The van der Waals surface area contributed by atoms with Crippen LogP contribution in [0.3, 0.4) is 0 Å². The van der Waals surface area contributed by atoms with Gasteiger partial charge in [-0.15, -0.1) is 0 Å². The molecule has 2 aromatic carbocycles. The number of halogens is 2. The Balaban J connectivity index is 1.78. The van der Waals surface area contributed by atoms with E-state index in [-0.39, 0.29) is 11.5 Å². The number of ether oxygens (including phenoxy) is 3. The lowest BCUT2D eigenvalue weighted by molar-refractivity contribution is -0.148. The van der Waals surface area contributed by atoms with Crippen molar-refractivity contribution in [2.45, 2.75) is 19.6 Å². The number of carbonyl (C=O) groups excluding carboxylic acids is 3. The largest absolute Gasteiger partial charge is 0.493 e. The Morgan fingerprint density at radius 3 is 2.53 bits per heavy atom. The van der Waals surface area contributed by atoms with Crippen LogP contribution in [-0.4, -0.2) is 42.3 Å². The molecule has 0 aliphatic carbocycles. The van der Waals surface area contributed by atoms with Gasteiger partial charge in [0.2, 0.25) is 0 Å². The number of hydrogen-bond donors (Lipinski definition) is 0. The molecule has 1 saturated heterocycles. The molecule has 2 aromatic rings. The summed E-state index contributed by atoms with van der Waals surface area (Å²) in [6.45, 7) is 1.64. The summed E-state index contributed by atoms with van der Waals surface area (Å²) in [4.78, 5) is 37.7. The van der Waals surface area contributed by atoms with Crippen molar-refractivity contribution in [1.82, 2.24) is 4.90 Å². The maximum Gasteiger partial charge on any atom is 0.328 e. The van der Waals surface area contributed by atoms with Crippen LogP contribution in [0, 0.1) is 0 Å². The fourth-order valence-corrected chi connectivity index (χ4v) is 4.30. The molecule has 2 amide bonds. The van der Waals surface area contributed by atoms with Gasteiger partial charge in [0.25, 0.3) is 11.1 Å². The van der Waals surface area contributed by atoms with Gasteiger partial charge in [-0.25, -0.2) is 4.79 Å². The molecule has 0 N–H and O–H groups in total. The molecule has 32 heavy (non-hydrogen) atoms. The van der Waals surface area contributed by atoms with Crippen molar-refractivity contribution in [3.8, 4) is 11.5 Å². The van der Waals surface area contributed by atoms with E-state index in [2.05, 4.69) is 4.74 Å². The molecule has 1 atom stereocenters. The first-order valence-corrected chi connectivity index (χ1v) is 10.9. The Hall–Kier alpha value is -2.68. The average molecular weight is 496 g/mol. The van der Waals surface area contributed by atoms with E-state index in [9.17, 15) is 14.4 Å². The van der Waals surface area contributed by atoms with E-state index in [1.807, 2.05) is 0 Å². The summed E-state index contributed by atoms with van der Waals surface area (Å²) in [7, 11) is 2.69. The van der Waals surface area contributed by atoms with Crippen LogP contribution < -0.4 is 9.47 Å². The van der Waals surface area contributed by atoms with Crippen LogP contribution in [0.4, 0.5) is 4.79 Å². The van der Waals surface area contributed by atoms with Crippen LogP contribution in [0.1, 0.15) is 18.1 Å². The molecular weight excluding hydrogens is 477 g/mol. The van der Waals surface area contributed by atoms with Crippen LogP contribution in [0.25, 0.3) is 6.08 Å². The molecular formula is C22H19Cl2NO6S. The van der Waals surface area contributed by atoms with E-state index in [1.165, 1.54) is 21.1 Å². The molecule has 1 aliphatic rings. The van der Waals surface area contributed by atoms with Gasteiger partial charge in [-0.1, -0.05) is 35.3 Å². The lowest BCUT2D eigenvalue weighted by Crippen LogP contribution is -2.42. The number of nitrogens with zero attached hydrogens (tertiary/aromatic N) is 1. The minimum absolute atomic E-state index is 0.189. The molecule has 10 heteroatoms.